The predicted octanol–water partition coefficient (Wildman–Crippen LogP) is 2.92. The Balaban J connectivity index is -0.000000980. The summed E-state index contributed by atoms with van der Waals surface area (Å²) in [5.74, 6) is -0.0834. The molecule has 0 fully saturated rings. The zero-order valence-corrected chi connectivity index (χ0v) is 11.5. The molecule has 5 nitrogen and oxygen atoms in total. The summed E-state index contributed by atoms with van der Waals surface area (Å²) in [5, 5.41) is 0. The molecule has 17 heavy (non-hydrogen) atoms. The van der Waals surface area contributed by atoms with E-state index in [0.29, 0.717) is 12.5 Å². The molecule has 0 bridgehead atoms. The average molecular weight is 249 g/mol. The molecule has 0 aromatic rings. The van der Waals surface area contributed by atoms with E-state index in [9.17, 15) is 9.59 Å². The number of Topliss-reactive ketones (excluding diaryl/α,β-unsaturated/α-hetero) is 1. The number of hydrogen-bond donors (Lipinski definition) is 1. The number of carbonyl (C=O) groups excluding carboxylic acids is 2. The standard InChI is InChI=1S/C12H22O3.H3N.H2O/c1-4-6-7-11(5-2)9-15-12(14)8-10(3)13;;/h11H,4-9H2,1-3H3;1H3;1H2. The van der Waals surface area contributed by atoms with Crippen LogP contribution in [0.3, 0.4) is 0 Å². The van der Waals surface area contributed by atoms with Gasteiger partial charge in [-0.25, -0.2) is 0 Å². The van der Waals surface area contributed by atoms with E-state index < -0.39 is 5.97 Å². The van der Waals surface area contributed by atoms with Gasteiger partial charge in [0.1, 0.15) is 12.2 Å². The van der Waals surface area contributed by atoms with Crippen molar-refractivity contribution in [2.24, 2.45) is 5.92 Å². The Labute approximate surface area is 104 Å². The van der Waals surface area contributed by atoms with Gasteiger partial charge in [-0.2, -0.15) is 0 Å². The molecule has 0 saturated heterocycles. The van der Waals surface area contributed by atoms with Crippen molar-refractivity contribution < 1.29 is 19.8 Å². The largest absolute Gasteiger partial charge is 0.870 e. The summed E-state index contributed by atoms with van der Waals surface area (Å²) < 4.78 is 5.04. The van der Waals surface area contributed by atoms with Gasteiger partial charge in [0.2, 0.25) is 0 Å². The van der Waals surface area contributed by atoms with Crippen LogP contribution in [0.4, 0.5) is 0 Å². The lowest BCUT2D eigenvalue weighted by Crippen LogP contribution is -2.15. The third-order valence-electron chi connectivity index (χ3n) is 2.42. The highest BCUT2D eigenvalue weighted by atomic mass is 16.5. The molecule has 0 heterocycles. The monoisotopic (exact) mass is 249 g/mol. The summed E-state index contributed by atoms with van der Waals surface area (Å²) in [6.45, 7) is 6.10. The lowest BCUT2D eigenvalue weighted by atomic mass is 10.0. The van der Waals surface area contributed by atoms with Gasteiger partial charge in [-0.1, -0.05) is 33.1 Å². The van der Waals surface area contributed by atoms with E-state index in [4.69, 9.17) is 4.74 Å². The van der Waals surface area contributed by atoms with E-state index in [0.717, 1.165) is 19.3 Å². The first kappa shape index (κ1) is 21.4. The molecular weight excluding hydrogens is 222 g/mol. The molecule has 1 unspecified atom stereocenters. The van der Waals surface area contributed by atoms with Crippen LogP contribution in [0.15, 0.2) is 0 Å². The van der Waals surface area contributed by atoms with Crippen LogP contribution in [0.5, 0.6) is 0 Å². The first-order chi connectivity index (χ1) is 7.10. The van der Waals surface area contributed by atoms with Crippen LogP contribution in [0.1, 0.15) is 52.9 Å². The Morgan fingerprint density at radius 3 is 2.24 bits per heavy atom. The van der Waals surface area contributed by atoms with E-state index in [-0.39, 0.29) is 23.8 Å². The van der Waals surface area contributed by atoms with Gasteiger partial charge >= 0.3 is 5.97 Å². The van der Waals surface area contributed by atoms with Crippen LogP contribution in [0.25, 0.3) is 0 Å². The number of hydrogen-bond acceptors (Lipinski definition) is 4. The molecule has 0 aliphatic carbocycles. The second-order valence-electron chi connectivity index (χ2n) is 3.98. The lowest BCUT2D eigenvalue weighted by molar-refractivity contribution is -0.147. The van der Waals surface area contributed by atoms with E-state index in [2.05, 4.69) is 13.8 Å². The first-order valence-electron chi connectivity index (χ1n) is 5.75. The molecule has 0 aromatic carbocycles. The molecule has 0 amide bonds. The van der Waals surface area contributed by atoms with Crippen molar-refractivity contribution in [1.82, 2.24) is 6.15 Å². The van der Waals surface area contributed by atoms with E-state index in [1.54, 1.807) is 0 Å². The maximum Gasteiger partial charge on any atom is 0.313 e. The van der Waals surface area contributed by atoms with Crippen molar-refractivity contribution >= 4 is 11.8 Å². The van der Waals surface area contributed by atoms with Crippen molar-refractivity contribution in [3.05, 3.63) is 0 Å². The van der Waals surface area contributed by atoms with E-state index in [1.807, 2.05) is 0 Å². The number of esters is 1. The first-order valence-corrected chi connectivity index (χ1v) is 5.75. The molecule has 0 aromatic heterocycles. The van der Waals surface area contributed by atoms with Crippen molar-refractivity contribution in [3.63, 3.8) is 0 Å². The topological polar surface area (TPSA) is 110 Å². The second-order valence-corrected chi connectivity index (χ2v) is 3.98. The van der Waals surface area contributed by atoms with Crippen LogP contribution in [-0.2, 0) is 14.3 Å². The Morgan fingerprint density at radius 1 is 1.24 bits per heavy atom. The highest BCUT2D eigenvalue weighted by Gasteiger charge is 2.11. The van der Waals surface area contributed by atoms with Gasteiger partial charge in [-0.3, -0.25) is 9.59 Å². The zero-order chi connectivity index (χ0) is 11.7. The molecule has 0 aliphatic rings. The SMILES string of the molecule is CCCCC(CC)COC(=O)CC(C)=O.[NH4+].[OH-]. The Morgan fingerprint density at radius 2 is 1.82 bits per heavy atom. The normalized spacial score (nSPS) is 10.8. The van der Waals surface area contributed by atoms with Crippen LogP contribution in [0, 0.1) is 5.92 Å². The molecule has 1 atom stereocenters. The van der Waals surface area contributed by atoms with Gasteiger partial charge in [0.25, 0.3) is 0 Å². The number of carbonyl (C=O) groups is 2. The van der Waals surface area contributed by atoms with Crippen LogP contribution in [0.2, 0.25) is 0 Å². The quantitative estimate of drug-likeness (QED) is 0.526. The van der Waals surface area contributed by atoms with Gasteiger partial charge in [-0.05, 0) is 19.3 Å². The Bertz CT molecular complexity index is 207. The minimum absolute atomic E-state index is 0. The van der Waals surface area contributed by atoms with Crippen molar-refractivity contribution in [1.29, 1.82) is 0 Å². The average Bonchev–Trinajstić information content (AvgIpc) is 2.17. The third kappa shape index (κ3) is 13.0. The molecule has 0 spiro atoms. The molecule has 0 radical (unpaired) electrons. The summed E-state index contributed by atoms with van der Waals surface area (Å²) in [7, 11) is 0. The van der Waals surface area contributed by atoms with Gasteiger partial charge in [0, 0.05) is 0 Å². The zero-order valence-electron chi connectivity index (χ0n) is 11.5. The van der Waals surface area contributed by atoms with Crippen molar-refractivity contribution in [2.45, 2.75) is 52.9 Å². The highest BCUT2D eigenvalue weighted by Crippen LogP contribution is 2.13. The van der Waals surface area contributed by atoms with Gasteiger partial charge < -0.3 is 16.4 Å². The number of ketones is 1. The summed E-state index contributed by atoms with van der Waals surface area (Å²) in [6.07, 6.45) is 4.36. The molecular formula is C12H27NO4. The van der Waals surface area contributed by atoms with E-state index >= 15 is 0 Å². The molecule has 5 heteroatoms. The fraction of sp³-hybridized carbons (Fsp3) is 0.833. The number of ether oxygens (including phenoxy) is 1. The fourth-order valence-electron chi connectivity index (χ4n) is 1.36. The van der Waals surface area contributed by atoms with Crippen LogP contribution in [-0.4, -0.2) is 23.8 Å². The predicted molar refractivity (Wildman–Crippen MR) is 67.5 cm³/mol. The second kappa shape index (κ2) is 13.1. The Hall–Kier alpha value is -0.940. The van der Waals surface area contributed by atoms with Gasteiger partial charge in [-0.15, -0.1) is 0 Å². The Kier molecular flexibility index (Phi) is 16.5. The summed E-state index contributed by atoms with van der Waals surface area (Å²) in [4.78, 5) is 21.7. The lowest BCUT2D eigenvalue weighted by Gasteiger charge is -2.14. The molecule has 5 N–H and O–H groups in total. The minimum Gasteiger partial charge on any atom is -0.870 e. The maximum atomic E-state index is 11.1. The summed E-state index contributed by atoms with van der Waals surface area (Å²) in [6, 6.07) is 0. The third-order valence-corrected chi connectivity index (χ3v) is 2.42. The van der Waals surface area contributed by atoms with Gasteiger partial charge in [0.05, 0.1) is 6.61 Å². The smallest absolute Gasteiger partial charge is 0.313 e. The minimum atomic E-state index is -0.391. The van der Waals surface area contributed by atoms with Gasteiger partial charge in [0.15, 0.2) is 0 Å². The number of rotatable bonds is 8. The molecule has 0 rings (SSSR count). The number of quaternary nitrogens is 1. The maximum absolute atomic E-state index is 11.1. The molecule has 0 saturated carbocycles. The summed E-state index contributed by atoms with van der Waals surface area (Å²) >= 11 is 0. The summed E-state index contributed by atoms with van der Waals surface area (Å²) in [5.41, 5.74) is 0. The van der Waals surface area contributed by atoms with Crippen LogP contribution < -0.4 is 6.15 Å². The number of unbranched alkanes of at least 4 members (excludes halogenated alkanes) is 1. The van der Waals surface area contributed by atoms with Crippen molar-refractivity contribution in [2.75, 3.05) is 6.61 Å². The highest BCUT2D eigenvalue weighted by molar-refractivity contribution is 5.94. The molecule has 104 valence electrons. The molecule has 0 aliphatic heterocycles. The fourth-order valence-corrected chi connectivity index (χ4v) is 1.36. The van der Waals surface area contributed by atoms with Crippen LogP contribution >= 0.6 is 0 Å². The van der Waals surface area contributed by atoms with E-state index in [1.165, 1.54) is 13.3 Å². The van der Waals surface area contributed by atoms with Crippen molar-refractivity contribution in [3.8, 4) is 0 Å².